The summed E-state index contributed by atoms with van der Waals surface area (Å²) in [4.78, 5) is 9.07. The third-order valence-electron chi connectivity index (χ3n) is 3.27. The molecular formula is C16H14N2O3S2. The maximum absolute atomic E-state index is 11.5. The number of nitrogens with zero attached hydrogens (tertiary/aromatic N) is 2. The van der Waals surface area contributed by atoms with Crippen LogP contribution in [-0.2, 0) is 9.84 Å². The first-order valence-corrected chi connectivity index (χ1v) is 9.51. The van der Waals surface area contributed by atoms with E-state index in [1.807, 2.05) is 17.5 Å². The molecule has 0 aliphatic rings. The van der Waals surface area contributed by atoms with Gasteiger partial charge in [-0.2, -0.15) is 0 Å². The Morgan fingerprint density at radius 3 is 2.52 bits per heavy atom. The molecule has 0 amide bonds. The number of rotatable bonds is 4. The minimum Gasteiger partial charge on any atom is -0.481 e. The molecule has 2 heterocycles. The van der Waals surface area contributed by atoms with Gasteiger partial charge in [-0.15, -0.1) is 11.3 Å². The molecule has 5 nitrogen and oxygen atoms in total. The molecule has 2 aromatic heterocycles. The lowest BCUT2D eigenvalue weighted by molar-refractivity contribution is 0.399. The standard InChI is InChI=1S/C16H14N2O3S2/c1-21-15-13(4-3-9-17-15)14-10-22-16(18-14)11-5-7-12(8-6-11)23(2,19)20/h3-10H,1-2H3. The predicted octanol–water partition coefficient (Wildman–Crippen LogP) is 3.28. The summed E-state index contributed by atoms with van der Waals surface area (Å²) in [7, 11) is -1.62. The number of benzene rings is 1. The molecular weight excluding hydrogens is 332 g/mol. The SMILES string of the molecule is COc1ncccc1-c1csc(-c2ccc(S(C)(=O)=O)cc2)n1. The number of pyridine rings is 1. The van der Waals surface area contributed by atoms with Gasteiger partial charge in [0, 0.05) is 23.4 Å². The van der Waals surface area contributed by atoms with E-state index in [1.165, 1.54) is 17.6 Å². The molecule has 23 heavy (non-hydrogen) atoms. The Hall–Kier alpha value is -2.25. The van der Waals surface area contributed by atoms with Crippen LogP contribution < -0.4 is 4.74 Å². The fourth-order valence-electron chi connectivity index (χ4n) is 2.12. The van der Waals surface area contributed by atoms with Crippen molar-refractivity contribution in [2.24, 2.45) is 0 Å². The lowest BCUT2D eigenvalue weighted by Crippen LogP contribution is -1.96. The van der Waals surface area contributed by atoms with Crippen molar-refractivity contribution < 1.29 is 13.2 Å². The molecule has 0 N–H and O–H groups in total. The topological polar surface area (TPSA) is 69.2 Å². The average molecular weight is 346 g/mol. The Morgan fingerprint density at radius 2 is 1.87 bits per heavy atom. The highest BCUT2D eigenvalue weighted by Crippen LogP contribution is 2.32. The number of hydrogen-bond donors (Lipinski definition) is 0. The van der Waals surface area contributed by atoms with Gasteiger partial charge in [-0.1, -0.05) is 12.1 Å². The molecule has 0 fully saturated rings. The van der Waals surface area contributed by atoms with E-state index < -0.39 is 9.84 Å². The summed E-state index contributed by atoms with van der Waals surface area (Å²) in [6.45, 7) is 0. The molecule has 0 aliphatic carbocycles. The highest BCUT2D eigenvalue weighted by molar-refractivity contribution is 7.90. The van der Waals surface area contributed by atoms with Crippen LogP contribution in [0.25, 0.3) is 21.8 Å². The molecule has 0 aliphatic heterocycles. The molecule has 0 saturated carbocycles. The Labute approximate surface area is 138 Å². The number of aromatic nitrogens is 2. The normalized spacial score (nSPS) is 11.4. The van der Waals surface area contributed by atoms with Crippen LogP contribution in [0.2, 0.25) is 0 Å². The maximum atomic E-state index is 11.5. The first-order chi connectivity index (χ1) is 11.0. The van der Waals surface area contributed by atoms with Crippen LogP contribution in [0.3, 0.4) is 0 Å². The highest BCUT2D eigenvalue weighted by atomic mass is 32.2. The number of methoxy groups -OCH3 is 1. The van der Waals surface area contributed by atoms with Crippen LogP contribution in [-0.4, -0.2) is 31.8 Å². The molecule has 0 spiro atoms. The van der Waals surface area contributed by atoms with Gasteiger partial charge in [-0.3, -0.25) is 0 Å². The quantitative estimate of drug-likeness (QED) is 0.725. The second kappa shape index (κ2) is 6.10. The molecule has 0 saturated heterocycles. The van der Waals surface area contributed by atoms with Crippen LogP contribution in [0.1, 0.15) is 0 Å². The van der Waals surface area contributed by atoms with E-state index in [0.29, 0.717) is 10.8 Å². The monoisotopic (exact) mass is 346 g/mol. The van der Waals surface area contributed by atoms with Crippen molar-refractivity contribution in [2.45, 2.75) is 4.90 Å². The van der Waals surface area contributed by atoms with Gasteiger partial charge in [-0.25, -0.2) is 18.4 Å². The Kier molecular flexibility index (Phi) is 4.14. The van der Waals surface area contributed by atoms with Crippen LogP contribution >= 0.6 is 11.3 Å². The summed E-state index contributed by atoms with van der Waals surface area (Å²) in [5, 5.41) is 2.74. The Morgan fingerprint density at radius 1 is 1.13 bits per heavy atom. The van der Waals surface area contributed by atoms with Crippen LogP contribution in [0.4, 0.5) is 0 Å². The van der Waals surface area contributed by atoms with Crippen molar-refractivity contribution in [3.05, 3.63) is 48.0 Å². The van der Waals surface area contributed by atoms with Crippen molar-refractivity contribution >= 4 is 21.2 Å². The van der Waals surface area contributed by atoms with E-state index in [0.717, 1.165) is 21.8 Å². The molecule has 118 valence electrons. The van der Waals surface area contributed by atoms with Gasteiger partial charge in [0.1, 0.15) is 5.01 Å². The molecule has 7 heteroatoms. The molecule has 3 rings (SSSR count). The second-order valence-electron chi connectivity index (χ2n) is 4.89. The Bertz CT molecular complexity index is 932. The largest absolute Gasteiger partial charge is 0.481 e. The number of ether oxygens (including phenoxy) is 1. The van der Waals surface area contributed by atoms with Gasteiger partial charge in [0.15, 0.2) is 9.84 Å². The van der Waals surface area contributed by atoms with Gasteiger partial charge >= 0.3 is 0 Å². The molecule has 0 bridgehead atoms. The third-order valence-corrected chi connectivity index (χ3v) is 5.29. The molecule has 0 atom stereocenters. The number of sulfone groups is 1. The van der Waals surface area contributed by atoms with Gasteiger partial charge < -0.3 is 4.74 Å². The minimum atomic E-state index is -3.19. The van der Waals surface area contributed by atoms with E-state index in [2.05, 4.69) is 9.97 Å². The lowest BCUT2D eigenvalue weighted by atomic mass is 10.2. The van der Waals surface area contributed by atoms with E-state index in [4.69, 9.17) is 4.74 Å². The fraction of sp³-hybridized carbons (Fsp3) is 0.125. The first-order valence-electron chi connectivity index (χ1n) is 6.74. The summed E-state index contributed by atoms with van der Waals surface area (Å²) < 4.78 is 28.3. The van der Waals surface area contributed by atoms with Crippen LogP contribution in [0.5, 0.6) is 5.88 Å². The fourth-order valence-corrected chi connectivity index (χ4v) is 3.58. The second-order valence-corrected chi connectivity index (χ2v) is 7.77. The van der Waals surface area contributed by atoms with Crippen molar-refractivity contribution in [3.8, 4) is 27.7 Å². The Balaban J connectivity index is 1.96. The summed E-state index contributed by atoms with van der Waals surface area (Å²) in [6, 6.07) is 10.4. The van der Waals surface area contributed by atoms with Crippen molar-refractivity contribution in [1.29, 1.82) is 0 Å². The van der Waals surface area contributed by atoms with E-state index in [-0.39, 0.29) is 0 Å². The van der Waals surface area contributed by atoms with Crippen LogP contribution in [0, 0.1) is 0 Å². The zero-order valence-electron chi connectivity index (χ0n) is 12.6. The number of thiazole rings is 1. The van der Waals surface area contributed by atoms with Crippen LogP contribution in [0.15, 0.2) is 52.9 Å². The lowest BCUT2D eigenvalue weighted by Gasteiger charge is -2.03. The van der Waals surface area contributed by atoms with E-state index >= 15 is 0 Å². The maximum Gasteiger partial charge on any atom is 0.222 e. The van der Waals surface area contributed by atoms with Crippen molar-refractivity contribution in [2.75, 3.05) is 13.4 Å². The van der Waals surface area contributed by atoms with E-state index in [1.54, 1.807) is 37.6 Å². The smallest absolute Gasteiger partial charge is 0.222 e. The molecule has 1 aromatic carbocycles. The zero-order valence-corrected chi connectivity index (χ0v) is 14.2. The molecule has 3 aromatic rings. The van der Waals surface area contributed by atoms with E-state index in [9.17, 15) is 8.42 Å². The summed E-state index contributed by atoms with van der Waals surface area (Å²) in [6.07, 6.45) is 2.86. The highest BCUT2D eigenvalue weighted by Gasteiger charge is 2.12. The molecule has 0 radical (unpaired) electrons. The first kappa shape index (κ1) is 15.6. The van der Waals surface area contributed by atoms with Gasteiger partial charge in [0.05, 0.1) is 23.3 Å². The van der Waals surface area contributed by atoms with Gasteiger partial charge in [0.2, 0.25) is 5.88 Å². The predicted molar refractivity (Wildman–Crippen MR) is 90.4 cm³/mol. The van der Waals surface area contributed by atoms with Crippen molar-refractivity contribution in [3.63, 3.8) is 0 Å². The molecule has 0 unspecified atom stereocenters. The summed E-state index contributed by atoms with van der Waals surface area (Å²) >= 11 is 1.49. The average Bonchev–Trinajstić information content (AvgIpc) is 3.04. The van der Waals surface area contributed by atoms with Gasteiger partial charge in [0.25, 0.3) is 0 Å². The van der Waals surface area contributed by atoms with Gasteiger partial charge in [-0.05, 0) is 24.3 Å². The zero-order chi connectivity index (χ0) is 16.4. The number of hydrogen-bond acceptors (Lipinski definition) is 6. The summed E-state index contributed by atoms with van der Waals surface area (Å²) in [5.41, 5.74) is 2.48. The minimum absolute atomic E-state index is 0.298. The third kappa shape index (κ3) is 3.25. The summed E-state index contributed by atoms with van der Waals surface area (Å²) in [5.74, 6) is 0.525. The van der Waals surface area contributed by atoms with Crippen molar-refractivity contribution in [1.82, 2.24) is 9.97 Å².